The van der Waals surface area contributed by atoms with Gasteiger partial charge >= 0.3 is 0 Å². The third kappa shape index (κ3) is 11.1. The van der Waals surface area contributed by atoms with Gasteiger partial charge in [-0.3, -0.25) is 0 Å². The van der Waals surface area contributed by atoms with Crippen molar-refractivity contribution >= 4 is 29.5 Å². The van der Waals surface area contributed by atoms with Gasteiger partial charge in [0, 0.05) is 21.1 Å². The molecule has 0 atom stereocenters. The van der Waals surface area contributed by atoms with E-state index in [0.717, 1.165) is 0 Å². The average Bonchev–Trinajstić information content (AvgIpc) is 0.918. The molecule has 0 rings (SSSR count). The molecule has 0 aliphatic rings. The van der Waals surface area contributed by atoms with Crippen LogP contribution in [0.25, 0.3) is 0 Å². The first-order chi connectivity index (χ1) is 1.41. The van der Waals surface area contributed by atoms with Crippen LogP contribution in [0.2, 0.25) is 0 Å². The Labute approximate surface area is 50.6 Å². The van der Waals surface area contributed by atoms with E-state index in [1.165, 1.54) is 0 Å². The summed E-state index contributed by atoms with van der Waals surface area (Å²) >= 11 is 7.36. The summed E-state index contributed by atoms with van der Waals surface area (Å²) in [5, 5.41) is 0. The molecule has 0 fully saturated rings. The molecule has 0 heterocycles. The van der Waals surface area contributed by atoms with E-state index < -0.39 is 0 Å². The zero-order valence-corrected chi connectivity index (χ0v) is 6.41. The fourth-order valence-electron chi connectivity index (χ4n) is 0. The molecular weight excluding hydrogens is 260 g/mol. The van der Waals surface area contributed by atoms with Crippen molar-refractivity contribution in [3.05, 3.63) is 0 Å². The molecule has 0 radical (unpaired) electrons. The molecular formula is CHS2W-. The second kappa shape index (κ2) is 8.92. The van der Waals surface area contributed by atoms with E-state index in [-0.39, 0.29) is 21.1 Å². The monoisotopic (exact) mass is 261 g/mol. The standard InChI is InChI=1S/CHS2.W/c2-1-3;/h(H,2,3);/q-1;. The fourth-order valence-corrected chi connectivity index (χ4v) is 0. The second-order valence-electron chi connectivity index (χ2n) is 0.0913. The number of thiol groups is 1. The third-order valence-corrected chi connectivity index (χ3v) is 0. The summed E-state index contributed by atoms with van der Waals surface area (Å²) in [7, 11) is 0. The van der Waals surface area contributed by atoms with Gasteiger partial charge in [0.25, 0.3) is 0 Å². The Morgan fingerprint density at radius 2 is 1.75 bits per heavy atom. The third-order valence-electron chi connectivity index (χ3n) is 0. The molecule has 0 aliphatic heterocycles. The smallest absolute Gasteiger partial charge is 0 e. The molecule has 24 valence electrons. The molecule has 0 amide bonds. The van der Waals surface area contributed by atoms with Gasteiger partial charge in [-0.1, -0.05) is 0 Å². The molecule has 0 spiro atoms. The average molecular weight is 261 g/mol. The summed E-state index contributed by atoms with van der Waals surface area (Å²) in [5.74, 6) is 0. The molecule has 0 nitrogen and oxygen atoms in total. The second-order valence-corrected chi connectivity index (χ2v) is 0.822. The van der Waals surface area contributed by atoms with Crippen LogP contribution in [0.3, 0.4) is 0 Å². The Kier molecular flexibility index (Phi) is 19.9. The van der Waals surface area contributed by atoms with Crippen LogP contribution in [-0.2, 0) is 21.1 Å². The molecule has 0 aromatic carbocycles. The van der Waals surface area contributed by atoms with Crippen LogP contribution in [0, 0.1) is 0 Å². The summed E-state index contributed by atoms with van der Waals surface area (Å²) in [6.45, 7) is 0. The van der Waals surface area contributed by atoms with Gasteiger partial charge in [0.15, 0.2) is 0 Å². The minimum atomic E-state index is 0. The quantitative estimate of drug-likeness (QED) is 0.381. The first-order valence-corrected chi connectivity index (χ1v) is 1.28. The van der Waals surface area contributed by atoms with E-state index in [9.17, 15) is 0 Å². The molecule has 0 N–H and O–H groups in total. The van der Waals surface area contributed by atoms with Crippen molar-refractivity contribution in [1.29, 1.82) is 0 Å². The van der Waals surface area contributed by atoms with E-state index >= 15 is 0 Å². The van der Waals surface area contributed by atoms with Crippen LogP contribution in [0.4, 0.5) is 0 Å². The van der Waals surface area contributed by atoms with Crippen molar-refractivity contribution in [2.24, 2.45) is 0 Å². The van der Waals surface area contributed by atoms with Crippen molar-refractivity contribution in [3.8, 4) is 0 Å². The topological polar surface area (TPSA) is 0 Å². The van der Waals surface area contributed by atoms with Crippen LogP contribution >= 0.6 is 24.8 Å². The number of hydrogen-bond donors (Lipinski definition) is 1. The zero-order chi connectivity index (χ0) is 2.71. The molecule has 0 saturated heterocycles. The Balaban J connectivity index is 0. The first kappa shape index (κ1) is 8.93. The van der Waals surface area contributed by atoms with E-state index in [0.29, 0.717) is 0 Å². The van der Waals surface area contributed by atoms with Gasteiger partial charge in [0.2, 0.25) is 0 Å². The first-order valence-electron chi connectivity index (χ1n) is 0.428. The fraction of sp³-hybridized carbons (Fsp3) is 0. The Bertz CT molecular complexity index is 13.5. The predicted molar refractivity (Wildman–Crippen MR) is 21.6 cm³/mol. The predicted octanol–water partition coefficient (Wildman–Crippen LogP) is 0.748. The van der Waals surface area contributed by atoms with E-state index in [2.05, 4.69) is 24.8 Å². The zero-order valence-electron chi connectivity index (χ0n) is 1.76. The summed E-state index contributed by atoms with van der Waals surface area (Å²) in [6.07, 6.45) is 0. The van der Waals surface area contributed by atoms with Crippen LogP contribution in [0.5, 0.6) is 0 Å². The molecule has 4 heavy (non-hydrogen) atoms. The van der Waals surface area contributed by atoms with Gasteiger partial charge in [-0.15, -0.1) is 0 Å². The maximum absolute atomic E-state index is 4.01. The number of rotatable bonds is 0. The van der Waals surface area contributed by atoms with Gasteiger partial charge in [-0.25, -0.2) is 0 Å². The SMILES string of the molecule is S=[C-]S.[W]. The molecule has 0 aromatic heterocycles. The summed E-state index contributed by atoms with van der Waals surface area (Å²) in [6, 6.07) is 0. The van der Waals surface area contributed by atoms with Crippen molar-refractivity contribution in [3.63, 3.8) is 0 Å². The van der Waals surface area contributed by atoms with Gasteiger partial charge in [-0.2, -0.15) is 0 Å². The Morgan fingerprint density at radius 1 is 1.75 bits per heavy atom. The van der Waals surface area contributed by atoms with Crippen LogP contribution in [0.1, 0.15) is 0 Å². The largest absolute Gasteiger partial charge is 0.364 e. The summed E-state index contributed by atoms with van der Waals surface area (Å²) < 4.78 is 2.03. The Hall–Kier alpha value is 1.13. The van der Waals surface area contributed by atoms with E-state index in [1.54, 1.807) is 0 Å². The number of hydrogen-bond acceptors (Lipinski definition) is 1. The maximum Gasteiger partial charge on any atom is 0 e. The molecule has 0 bridgehead atoms. The summed E-state index contributed by atoms with van der Waals surface area (Å²) in [4.78, 5) is 0. The van der Waals surface area contributed by atoms with E-state index in [4.69, 9.17) is 0 Å². The normalized spacial score (nSPS) is 3.25. The van der Waals surface area contributed by atoms with Gasteiger partial charge < -0.3 is 29.5 Å². The summed E-state index contributed by atoms with van der Waals surface area (Å²) in [5.41, 5.74) is 0. The van der Waals surface area contributed by atoms with Gasteiger partial charge in [0.05, 0.1) is 0 Å². The van der Waals surface area contributed by atoms with Crippen molar-refractivity contribution in [2.45, 2.75) is 0 Å². The molecule has 0 aliphatic carbocycles. The van der Waals surface area contributed by atoms with Crippen LogP contribution in [0.15, 0.2) is 0 Å². The molecule has 0 aromatic rings. The van der Waals surface area contributed by atoms with Crippen LogP contribution in [-0.4, -0.2) is 4.70 Å². The van der Waals surface area contributed by atoms with Gasteiger partial charge in [-0.05, 0) is 0 Å². The van der Waals surface area contributed by atoms with Crippen LogP contribution < -0.4 is 0 Å². The maximum atomic E-state index is 4.01. The molecule has 3 heteroatoms. The van der Waals surface area contributed by atoms with Crippen molar-refractivity contribution in [2.75, 3.05) is 0 Å². The minimum absolute atomic E-state index is 0. The molecule has 0 saturated carbocycles. The van der Waals surface area contributed by atoms with Crippen molar-refractivity contribution < 1.29 is 21.1 Å². The number of thiocarbonyl (C=S) groups is 1. The molecule has 0 unspecified atom stereocenters. The van der Waals surface area contributed by atoms with E-state index in [1.807, 2.05) is 4.70 Å². The minimum Gasteiger partial charge on any atom is -0.364 e. The van der Waals surface area contributed by atoms with Gasteiger partial charge in [0.1, 0.15) is 0 Å². The Morgan fingerprint density at radius 3 is 1.75 bits per heavy atom. The van der Waals surface area contributed by atoms with Crippen molar-refractivity contribution in [1.82, 2.24) is 0 Å².